The fourth-order valence-corrected chi connectivity index (χ4v) is 6.17. The van der Waals surface area contributed by atoms with E-state index in [2.05, 4.69) is 14.9 Å². The van der Waals surface area contributed by atoms with Gasteiger partial charge >= 0.3 is 0 Å². The van der Waals surface area contributed by atoms with E-state index in [1.807, 2.05) is 44.4 Å². The number of aliphatic hydroxyl groups excluding tert-OH is 1. The Morgan fingerprint density at radius 1 is 1.14 bits per heavy atom. The first-order chi connectivity index (χ1) is 16.8. The van der Waals surface area contributed by atoms with Crippen LogP contribution in [0.4, 0.5) is 0 Å². The molecule has 1 N–H and O–H groups in total. The van der Waals surface area contributed by atoms with Crippen LogP contribution in [-0.2, 0) is 16.6 Å². The Morgan fingerprint density at radius 3 is 2.60 bits per heavy atom. The molecular weight excluding hydrogens is 464 g/mol. The number of fused-ring (bicyclic) bond motifs is 1. The van der Waals surface area contributed by atoms with Crippen molar-refractivity contribution in [1.82, 2.24) is 19.2 Å². The molecule has 0 spiro atoms. The standard InChI is InChI=1S/C26H32N4O4S/c1-19-15-30(20(2)18-31)35(32,33)26-7-6-23(22-8-11-27-12-9-22)13-24(26)34-25(19)17-29(3)16-21-5-4-10-28-14-21/h4-14,19-20,25,31H,15-18H2,1-3H3/t19-,20-,25+/m0/s1. The summed E-state index contributed by atoms with van der Waals surface area (Å²) in [7, 11) is -1.86. The zero-order valence-corrected chi connectivity index (χ0v) is 21.1. The van der Waals surface area contributed by atoms with E-state index in [1.54, 1.807) is 43.7 Å². The minimum atomic E-state index is -3.87. The average Bonchev–Trinajstić information content (AvgIpc) is 2.86. The fourth-order valence-electron chi connectivity index (χ4n) is 4.34. The van der Waals surface area contributed by atoms with Gasteiger partial charge in [-0.3, -0.25) is 14.9 Å². The first-order valence-electron chi connectivity index (χ1n) is 11.7. The van der Waals surface area contributed by atoms with Gasteiger partial charge in [-0.1, -0.05) is 19.1 Å². The van der Waals surface area contributed by atoms with Gasteiger partial charge in [0.15, 0.2) is 0 Å². The molecule has 0 amide bonds. The second-order valence-corrected chi connectivity index (χ2v) is 11.1. The van der Waals surface area contributed by atoms with Crippen LogP contribution in [-0.4, -0.2) is 71.6 Å². The topological polar surface area (TPSA) is 95.9 Å². The lowest BCUT2D eigenvalue weighted by Crippen LogP contribution is -2.49. The van der Waals surface area contributed by atoms with Crippen LogP contribution < -0.4 is 4.74 Å². The number of likely N-dealkylation sites (N-methyl/N-ethyl adjacent to an activating group) is 1. The lowest BCUT2D eigenvalue weighted by Gasteiger charge is -2.37. The number of sulfonamides is 1. The zero-order valence-electron chi connectivity index (χ0n) is 20.3. The number of nitrogens with zero attached hydrogens (tertiary/aromatic N) is 4. The smallest absolute Gasteiger partial charge is 0.247 e. The Kier molecular flexibility index (Phi) is 7.81. The highest BCUT2D eigenvalue weighted by molar-refractivity contribution is 7.89. The van der Waals surface area contributed by atoms with Crippen LogP contribution in [0.15, 0.2) is 72.1 Å². The number of aliphatic hydroxyl groups is 1. The number of ether oxygens (including phenoxy) is 1. The molecule has 0 saturated carbocycles. The number of benzene rings is 1. The molecule has 3 heterocycles. The van der Waals surface area contributed by atoms with E-state index < -0.39 is 16.1 Å². The van der Waals surface area contributed by atoms with Gasteiger partial charge in [0.05, 0.1) is 6.61 Å². The molecule has 4 rings (SSSR count). The van der Waals surface area contributed by atoms with Gasteiger partial charge in [-0.05, 0) is 61.0 Å². The summed E-state index contributed by atoms with van der Waals surface area (Å²) >= 11 is 0. The van der Waals surface area contributed by atoms with Crippen molar-refractivity contribution in [3.05, 3.63) is 72.8 Å². The predicted molar refractivity (Wildman–Crippen MR) is 134 cm³/mol. The number of hydrogen-bond acceptors (Lipinski definition) is 7. The highest BCUT2D eigenvalue weighted by Gasteiger charge is 2.38. The van der Waals surface area contributed by atoms with Crippen LogP contribution in [0.1, 0.15) is 19.4 Å². The van der Waals surface area contributed by atoms with Gasteiger partial charge < -0.3 is 9.84 Å². The second-order valence-electron chi connectivity index (χ2n) is 9.20. The highest BCUT2D eigenvalue weighted by atomic mass is 32.2. The van der Waals surface area contributed by atoms with E-state index in [0.717, 1.165) is 16.7 Å². The van der Waals surface area contributed by atoms with Crippen LogP contribution in [0.3, 0.4) is 0 Å². The molecule has 8 nitrogen and oxygen atoms in total. The third kappa shape index (κ3) is 5.70. The Hall–Kier alpha value is -2.85. The lowest BCUT2D eigenvalue weighted by atomic mass is 10.0. The van der Waals surface area contributed by atoms with Crippen molar-refractivity contribution < 1.29 is 18.3 Å². The van der Waals surface area contributed by atoms with Gasteiger partial charge in [0.1, 0.15) is 16.7 Å². The van der Waals surface area contributed by atoms with Gasteiger partial charge in [-0.2, -0.15) is 4.31 Å². The van der Waals surface area contributed by atoms with Crippen molar-refractivity contribution >= 4 is 10.0 Å². The number of aromatic nitrogens is 2. The van der Waals surface area contributed by atoms with Crippen molar-refractivity contribution in [2.45, 2.75) is 37.4 Å². The SMILES string of the molecule is C[C@H]1CN([C@@H](C)CO)S(=O)(=O)c2ccc(-c3ccncc3)cc2O[C@@H]1CN(C)Cc1cccnc1. The molecule has 1 aromatic carbocycles. The maximum absolute atomic E-state index is 13.6. The molecule has 0 fully saturated rings. The maximum atomic E-state index is 13.6. The van der Waals surface area contributed by atoms with E-state index in [4.69, 9.17) is 4.74 Å². The first kappa shape index (κ1) is 25.2. The third-order valence-corrected chi connectivity index (χ3v) is 8.37. The molecule has 186 valence electrons. The summed E-state index contributed by atoms with van der Waals surface area (Å²) in [4.78, 5) is 10.5. The molecule has 35 heavy (non-hydrogen) atoms. The molecule has 9 heteroatoms. The summed E-state index contributed by atoms with van der Waals surface area (Å²) in [6.45, 7) is 4.99. The average molecular weight is 497 g/mol. The van der Waals surface area contributed by atoms with E-state index >= 15 is 0 Å². The van der Waals surface area contributed by atoms with E-state index in [9.17, 15) is 13.5 Å². The molecule has 0 radical (unpaired) electrons. The van der Waals surface area contributed by atoms with Crippen molar-refractivity contribution in [2.75, 3.05) is 26.7 Å². The molecule has 3 aromatic rings. The summed E-state index contributed by atoms with van der Waals surface area (Å²) in [5.41, 5.74) is 2.86. The molecule has 0 unspecified atom stereocenters. The first-order valence-corrected chi connectivity index (χ1v) is 13.1. The number of rotatable bonds is 7. The lowest BCUT2D eigenvalue weighted by molar-refractivity contribution is 0.0734. The predicted octanol–water partition coefficient (Wildman–Crippen LogP) is 3.04. The van der Waals surface area contributed by atoms with Gasteiger partial charge in [0.2, 0.25) is 10.0 Å². The molecule has 0 aliphatic carbocycles. The van der Waals surface area contributed by atoms with Crippen LogP contribution >= 0.6 is 0 Å². The Labute approximate surface area is 207 Å². The van der Waals surface area contributed by atoms with Crippen molar-refractivity contribution in [3.63, 3.8) is 0 Å². The molecule has 3 atom stereocenters. The largest absolute Gasteiger partial charge is 0.487 e. The van der Waals surface area contributed by atoms with Crippen LogP contribution in [0.25, 0.3) is 11.1 Å². The van der Waals surface area contributed by atoms with Crippen molar-refractivity contribution in [3.8, 4) is 16.9 Å². The minimum Gasteiger partial charge on any atom is -0.487 e. The molecule has 1 aliphatic rings. The normalized spacial score (nSPS) is 20.9. The van der Waals surface area contributed by atoms with Gasteiger partial charge in [0.25, 0.3) is 0 Å². The fraction of sp³-hybridized carbons (Fsp3) is 0.385. The van der Waals surface area contributed by atoms with Gasteiger partial charge in [-0.15, -0.1) is 0 Å². The quantitative estimate of drug-likeness (QED) is 0.537. The molecule has 1 aliphatic heterocycles. The van der Waals surface area contributed by atoms with E-state index in [1.165, 1.54) is 4.31 Å². The summed E-state index contributed by atoms with van der Waals surface area (Å²) in [6.07, 6.45) is 6.72. The third-order valence-electron chi connectivity index (χ3n) is 6.35. The van der Waals surface area contributed by atoms with E-state index in [0.29, 0.717) is 18.8 Å². The van der Waals surface area contributed by atoms with Gasteiger partial charge in [-0.25, -0.2) is 8.42 Å². The zero-order chi connectivity index (χ0) is 25.0. The monoisotopic (exact) mass is 496 g/mol. The molecular formula is C26H32N4O4S. The summed E-state index contributed by atoms with van der Waals surface area (Å²) in [5, 5.41) is 9.83. The highest BCUT2D eigenvalue weighted by Crippen LogP contribution is 2.36. The van der Waals surface area contributed by atoms with Crippen molar-refractivity contribution in [2.24, 2.45) is 5.92 Å². The van der Waals surface area contributed by atoms with Crippen LogP contribution in [0.5, 0.6) is 5.75 Å². The number of hydrogen-bond donors (Lipinski definition) is 1. The second kappa shape index (κ2) is 10.8. The summed E-state index contributed by atoms with van der Waals surface area (Å²) in [5.74, 6) is 0.202. The van der Waals surface area contributed by atoms with Gasteiger partial charge in [0, 0.05) is 56.4 Å². The maximum Gasteiger partial charge on any atom is 0.247 e. The summed E-state index contributed by atoms with van der Waals surface area (Å²) < 4.78 is 35.2. The Balaban J connectivity index is 1.72. The minimum absolute atomic E-state index is 0.113. The Bertz CT molecular complexity index is 1220. The van der Waals surface area contributed by atoms with Crippen LogP contribution in [0, 0.1) is 5.92 Å². The molecule has 0 bridgehead atoms. The van der Waals surface area contributed by atoms with E-state index in [-0.39, 0.29) is 30.1 Å². The molecule has 0 saturated heterocycles. The summed E-state index contributed by atoms with van der Waals surface area (Å²) in [6, 6.07) is 12.3. The van der Waals surface area contributed by atoms with Crippen molar-refractivity contribution in [1.29, 1.82) is 0 Å². The Morgan fingerprint density at radius 2 is 1.91 bits per heavy atom. The van der Waals surface area contributed by atoms with Crippen LogP contribution in [0.2, 0.25) is 0 Å². The molecule has 2 aromatic heterocycles. The number of pyridine rings is 2.